The van der Waals surface area contributed by atoms with E-state index < -0.39 is 34.0 Å². The highest BCUT2D eigenvalue weighted by Crippen LogP contribution is 2.30. The summed E-state index contributed by atoms with van der Waals surface area (Å²) in [6.07, 6.45) is 1.06. The second-order valence-electron chi connectivity index (χ2n) is 3.30. The molecule has 0 bridgehead atoms. The molecule has 2 aromatic rings. The molecule has 0 radical (unpaired) electrons. The smallest absolute Gasteiger partial charge is 0.215 e. The summed E-state index contributed by atoms with van der Waals surface area (Å²) in [5.74, 6) is -5.44. The molecular weight excluding hydrogens is 237 g/mol. The SMILES string of the molecule is COc1c(F)c(F)c(F)c2c(=O)c(N)c[nH]c12. The Bertz CT molecular complexity index is 667. The first-order valence-corrected chi connectivity index (χ1v) is 4.50. The molecule has 2 rings (SSSR count). The van der Waals surface area contributed by atoms with Gasteiger partial charge in [-0.25, -0.2) is 8.78 Å². The standard InChI is InChI=1S/C10H7F3N2O2/c1-17-10-7(13)6(12)5(11)4-8(10)15-2-3(14)9(4)16/h2H,14H2,1H3,(H,15,16). The van der Waals surface area contributed by atoms with Crippen LogP contribution in [0.2, 0.25) is 0 Å². The number of aromatic nitrogens is 1. The molecule has 0 aliphatic carbocycles. The van der Waals surface area contributed by atoms with Gasteiger partial charge in [-0.15, -0.1) is 0 Å². The van der Waals surface area contributed by atoms with Gasteiger partial charge in [0.2, 0.25) is 11.2 Å². The lowest BCUT2D eigenvalue weighted by atomic mass is 10.1. The van der Waals surface area contributed by atoms with Crippen LogP contribution in [0.5, 0.6) is 5.75 Å². The number of hydrogen-bond donors (Lipinski definition) is 2. The lowest BCUT2D eigenvalue weighted by Gasteiger charge is -2.08. The van der Waals surface area contributed by atoms with Crippen molar-refractivity contribution in [3.63, 3.8) is 0 Å². The topological polar surface area (TPSA) is 68.1 Å². The van der Waals surface area contributed by atoms with E-state index in [0.29, 0.717) is 0 Å². The van der Waals surface area contributed by atoms with Crippen LogP contribution in [0.4, 0.5) is 18.9 Å². The maximum Gasteiger partial charge on any atom is 0.215 e. The number of hydrogen-bond acceptors (Lipinski definition) is 3. The number of halogens is 3. The fourth-order valence-corrected chi connectivity index (χ4v) is 1.54. The number of rotatable bonds is 1. The van der Waals surface area contributed by atoms with Gasteiger partial charge in [-0.2, -0.15) is 4.39 Å². The van der Waals surface area contributed by atoms with E-state index in [-0.39, 0.29) is 11.2 Å². The number of fused-ring (bicyclic) bond motifs is 1. The second-order valence-corrected chi connectivity index (χ2v) is 3.30. The van der Waals surface area contributed by atoms with Gasteiger partial charge in [0.05, 0.1) is 23.7 Å². The minimum Gasteiger partial charge on any atom is -0.491 e. The summed E-state index contributed by atoms with van der Waals surface area (Å²) in [4.78, 5) is 13.9. The predicted molar refractivity (Wildman–Crippen MR) is 55.4 cm³/mol. The zero-order chi connectivity index (χ0) is 12.7. The van der Waals surface area contributed by atoms with Crippen molar-refractivity contribution in [3.8, 4) is 5.75 Å². The largest absolute Gasteiger partial charge is 0.491 e. The van der Waals surface area contributed by atoms with E-state index in [1.807, 2.05) is 0 Å². The van der Waals surface area contributed by atoms with E-state index in [4.69, 9.17) is 5.73 Å². The number of H-pyrrole nitrogens is 1. The third kappa shape index (κ3) is 1.42. The van der Waals surface area contributed by atoms with Crippen molar-refractivity contribution in [2.24, 2.45) is 0 Å². The van der Waals surface area contributed by atoms with E-state index in [2.05, 4.69) is 9.72 Å². The Morgan fingerprint density at radius 3 is 2.47 bits per heavy atom. The number of nitrogen functional groups attached to an aromatic ring is 1. The number of aromatic amines is 1. The number of benzene rings is 1. The van der Waals surface area contributed by atoms with Crippen molar-refractivity contribution in [2.75, 3.05) is 12.8 Å². The molecule has 1 aromatic carbocycles. The van der Waals surface area contributed by atoms with E-state index in [9.17, 15) is 18.0 Å². The van der Waals surface area contributed by atoms with Crippen molar-refractivity contribution in [2.45, 2.75) is 0 Å². The molecule has 0 atom stereocenters. The second kappa shape index (κ2) is 3.69. The number of nitrogens with one attached hydrogen (secondary N) is 1. The normalized spacial score (nSPS) is 10.8. The van der Waals surface area contributed by atoms with Gasteiger partial charge in [-0.3, -0.25) is 4.79 Å². The molecule has 0 unspecified atom stereocenters. The first kappa shape index (κ1) is 11.3. The van der Waals surface area contributed by atoms with Crippen molar-refractivity contribution in [1.29, 1.82) is 0 Å². The molecule has 1 aromatic heterocycles. The zero-order valence-corrected chi connectivity index (χ0v) is 8.61. The van der Waals surface area contributed by atoms with Crippen molar-refractivity contribution in [3.05, 3.63) is 33.9 Å². The van der Waals surface area contributed by atoms with Crippen LogP contribution in [0.25, 0.3) is 10.9 Å². The number of anilines is 1. The summed E-state index contributed by atoms with van der Waals surface area (Å²) >= 11 is 0. The van der Waals surface area contributed by atoms with Crippen molar-refractivity contribution >= 4 is 16.6 Å². The Morgan fingerprint density at radius 2 is 1.88 bits per heavy atom. The van der Waals surface area contributed by atoms with E-state index in [1.54, 1.807) is 0 Å². The molecule has 0 aliphatic rings. The van der Waals surface area contributed by atoms with Gasteiger partial charge in [-0.05, 0) is 0 Å². The van der Waals surface area contributed by atoms with Gasteiger partial charge in [0, 0.05) is 6.20 Å². The fraction of sp³-hybridized carbons (Fsp3) is 0.100. The van der Waals surface area contributed by atoms with Gasteiger partial charge in [0.15, 0.2) is 17.4 Å². The van der Waals surface area contributed by atoms with Gasteiger partial charge in [-0.1, -0.05) is 0 Å². The lowest BCUT2D eigenvalue weighted by Crippen LogP contribution is -2.13. The molecule has 0 fully saturated rings. The summed E-state index contributed by atoms with van der Waals surface area (Å²) in [6.45, 7) is 0. The zero-order valence-electron chi connectivity index (χ0n) is 8.61. The third-order valence-corrected chi connectivity index (χ3v) is 2.35. The first-order chi connectivity index (χ1) is 7.99. The summed E-state index contributed by atoms with van der Waals surface area (Å²) in [5.41, 5.74) is 3.77. The molecule has 1 heterocycles. The van der Waals surface area contributed by atoms with E-state index in [1.165, 1.54) is 0 Å². The average Bonchev–Trinajstić information content (AvgIpc) is 2.31. The molecule has 4 nitrogen and oxygen atoms in total. The summed E-state index contributed by atoms with van der Waals surface area (Å²) in [5, 5.41) is -0.666. The van der Waals surface area contributed by atoms with E-state index in [0.717, 1.165) is 13.3 Å². The summed E-state index contributed by atoms with van der Waals surface area (Å²) in [6, 6.07) is 0. The highest BCUT2D eigenvalue weighted by molar-refractivity contribution is 5.87. The number of ether oxygens (including phenoxy) is 1. The van der Waals surface area contributed by atoms with Gasteiger partial charge in [0.25, 0.3) is 0 Å². The van der Waals surface area contributed by atoms with Gasteiger partial charge >= 0.3 is 0 Å². The Labute approximate surface area is 92.8 Å². The van der Waals surface area contributed by atoms with Crippen LogP contribution in [-0.4, -0.2) is 12.1 Å². The molecule has 90 valence electrons. The van der Waals surface area contributed by atoms with Crippen molar-refractivity contribution in [1.82, 2.24) is 4.98 Å². The predicted octanol–water partition coefficient (Wildman–Crippen LogP) is 1.54. The van der Waals surface area contributed by atoms with Crippen LogP contribution >= 0.6 is 0 Å². The molecular formula is C10H7F3N2O2. The van der Waals surface area contributed by atoms with Crippen LogP contribution in [0.1, 0.15) is 0 Å². The molecule has 0 aliphatic heterocycles. The highest BCUT2D eigenvalue weighted by Gasteiger charge is 2.23. The Kier molecular flexibility index (Phi) is 2.45. The Hall–Kier alpha value is -2.18. The number of nitrogens with two attached hydrogens (primary N) is 1. The van der Waals surface area contributed by atoms with Crippen molar-refractivity contribution < 1.29 is 17.9 Å². The van der Waals surface area contributed by atoms with Crippen LogP contribution in [0.3, 0.4) is 0 Å². The Morgan fingerprint density at radius 1 is 1.24 bits per heavy atom. The number of methoxy groups -OCH3 is 1. The molecule has 17 heavy (non-hydrogen) atoms. The maximum atomic E-state index is 13.5. The fourth-order valence-electron chi connectivity index (χ4n) is 1.54. The molecule has 3 N–H and O–H groups in total. The molecule has 0 saturated carbocycles. The van der Waals surface area contributed by atoms with Gasteiger partial charge in [0.1, 0.15) is 0 Å². The maximum absolute atomic E-state index is 13.5. The number of pyridine rings is 1. The minimum atomic E-state index is -1.77. The third-order valence-electron chi connectivity index (χ3n) is 2.35. The monoisotopic (exact) mass is 244 g/mol. The van der Waals surface area contributed by atoms with Crippen LogP contribution < -0.4 is 15.9 Å². The van der Waals surface area contributed by atoms with Crippen LogP contribution in [0, 0.1) is 17.5 Å². The molecule has 0 spiro atoms. The average molecular weight is 244 g/mol. The molecule has 7 heteroatoms. The van der Waals surface area contributed by atoms with Crippen LogP contribution in [0.15, 0.2) is 11.0 Å². The van der Waals surface area contributed by atoms with Gasteiger partial charge < -0.3 is 15.5 Å². The van der Waals surface area contributed by atoms with Crippen LogP contribution in [-0.2, 0) is 0 Å². The summed E-state index contributed by atoms with van der Waals surface area (Å²) in [7, 11) is 1.07. The lowest BCUT2D eigenvalue weighted by molar-refractivity contribution is 0.366. The molecule has 0 saturated heterocycles. The quantitative estimate of drug-likeness (QED) is 0.747. The first-order valence-electron chi connectivity index (χ1n) is 4.50. The summed E-state index contributed by atoms with van der Waals surface area (Å²) < 4.78 is 44.6. The minimum absolute atomic E-state index is 0.275. The molecule has 0 amide bonds. The van der Waals surface area contributed by atoms with E-state index >= 15 is 0 Å². The highest BCUT2D eigenvalue weighted by atomic mass is 19.2. The Balaban J connectivity index is 3.12.